The van der Waals surface area contributed by atoms with Crippen LogP contribution in [0.3, 0.4) is 0 Å². The van der Waals surface area contributed by atoms with Gasteiger partial charge in [-0.05, 0) is 12.0 Å². The van der Waals surface area contributed by atoms with E-state index < -0.39 is 0 Å². The van der Waals surface area contributed by atoms with Crippen LogP contribution in [0.15, 0.2) is 24.3 Å². The van der Waals surface area contributed by atoms with E-state index in [1.807, 2.05) is 26.0 Å². The minimum atomic E-state index is -0.236. The number of para-hydroxylation sites is 1. The summed E-state index contributed by atoms with van der Waals surface area (Å²) in [6.45, 7) is 4.49. The summed E-state index contributed by atoms with van der Waals surface area (Å²) in [4.78, 5) is 13.6. The van der Waals surface area contributed by atoms with E-state index >= 15 is 0 Å². The number of phenolic OH excluding ortho intramolecular Hbond substituents is 1. The van der Waals surface area contributed by atoms with Gasteiger partial charge in [-0.25, -0.2) is 0 Å². The van der Waals surface area contributed by atoms with Crippen molar-refractivity contribution in [3.05, 3.63) is 29.8 Å². The highest BCUT2D eigenvalue weighted by molar-refractivity contribution is 5.81. The number of carbonyl (C=O) groups is 1. The zero-order chi connectivity index (χ0) is 13.7. The molecule has 0 spiro atoms. The Bertz CT molecular complexity index is 403. The Labute approximate surface area is 109 Å². The average molecular weight is 250 g/mol. The molecule has 1 aromatic rings. The molecule has 1 rings (SSSR count). The molecular weight excluding hydrogens is 228 g/mol. The molecule has 1 aromatic carbocycles. The Hall–Kier alpha value is -1.55. The van der Waals surface area contributed by atoms with E-state index in [0.29, 0.717) is 6.54 Å². The zero-order valence-corrected chi connectivity index (χ0v) is 11.5. The standard InChI is InChI=1S/C14H22N2O2/c1-10(2)13(14(18)16(3)4)15-9-11-7-5-6-8-12(11)17/h5-8,10,13,15,17H,9H2,1-4H3/t13-/m0/s1. The van der Waals surface area contributed by atoms with E-state index in [-0.39, 0.29) is 23.6 Å². The molecule has 0 aliphatic rings. The van der Waals surface area contributed by atoms with Crippen LogP contribution in [0.4, 0.5) is 0 Å². The lowest BCUT2D eigenvalue weighted by Gasteiger charge is -2.25. The lowest BCUT2D eigenvalue weighted by atomic mass is 10.0. The van der Waals surface area contributed by atoms with Crippen molar-refractivity contribution in [1.82, 2.24) is 10.2 Å². The van der Waals surface area contributed by atoms with Crippen LogP contribution >= 0.6 is 0 Å². The first-order chi connectivity index (χ1) is 8.43. The van der Waals surface area contributed by atoms with Crippen LogP contribution < -0.4 is 5.32 Å². The molecule has 4 nitrogen and oxygen atoms in total. The molecule has 1 amide bonds. The Morgan fingerprint density at radius 1 is 1.33 bits per heavy atom. The highest BCUT2D eigenvalue weighted by atomic mass is 16.3. The van der Waals surface area contributed by atoms with Gasteiger partial charge in [-0.3, -0.25) is 4.79 Å². The second-order valence-electron chi connectivity index (χ2n) is 4.96. The van der Waals surface area contributed by atoms with Crippen LogP contribution in [0.5, 0.6) is 5.75 Å². The number of carbonyl (C=O) groups excluding carboxylic acids is 1. The third-order valence-electron chi connectivity index (χ3n) is 2.88. The number of nitrogens with zero attached hydrogens (tertiary/aromatic N) is 1. The number of phenols is 1. The molecule has 0 fully saturated rings. The van der Waals surface area contributed by atoms with Gasteiger partial charge in [0.05, 0.1) is 6.04 Å². The van der Waals surface area contributed by atoms with Gasteiger partial charge < -0.3 is 15.3 Å². The van der Waals surface area contributed by atoms with Crippen molar-refractivity contribution in [3.63, 3.8) is 0 Å². The first-order valence-electron chi connectivity index (χ1n) is 6.15. The molecule has 4 heteroatoms. The van der Waals surface area contributed by atoms with Gasteiger partial charge in [-0.1, -0.05) is 32.0 Å². The molecule has 0 aromatic heterocycles. The van der Waals surface area contributed by atoms with E-state index in [4.69, 9.17) is 0 Å². The first-order valence-corrected chi connectivity index (χ1v) is 6.15. The smallest absolute Gasteiger partial charge is 0.239 e. The van der Waals surface area contributed by atoms with Gasteiger partial charge in [-0.2, -0.15) is 0 Å². The molecule has 0 heterocycles. The Morgan fingerprint density at radius 2 is 1.94 bits per heavy atom. The van der Waals surface area contributed by atoms with Crippen LogP contribution in [0, 0.1) is 5.92 Å². The normalized spacial score (nSPS) is 12.5. The van der Waals surface area contributed by atoms with E-state index in [9.17, 15) is 9.90 Å². The molecule has 0 unspecified atom stereocenters. The van der Waals surface area contributed by atoms with Crippen molar-refractivity contribution >= 4 is 5.91 Å². The summed E-state index contributed by atoms with van der Waals surface area (Å²) in [7, 11) is 3.50. The number of amides is 1. The molecule has 1 atom stereocenters. The number of nitrogens with one attached hydrogen (secondary N) is 1. The van der Waals surface area contributed by atoms with Gasteiger partial charge in [0.1, 0.15) is 5.75 Å². The van der Waals surface area contributed by atoms with Gasteiger partial charge >= 0.3 is 0 Å². The van der Waals surface area contributed by atoms with Crippen LogP contribution in [0.1, 0.15) is 19.4 Å². The second-order valence-corrected chi connectivity index (χ2v) is 4.96. The molecule has 0 saturated carbocycles. The molecule has 0 radical (unpaired) electrons. The summed E-state index contributed by atoms with van der Waals surface area (Å²) in [5.74, 6) is 0.510. The summed E-state index contributed by atoms with van der Waals surface area (Å²) < 4.78 is 0. The van der Waals surface area contributed by atoms with E-state index in [2.05, 4.69) is 5.32 Å². The predicted octanol–water partition coefficient (Wildman–Crippen LogP) is 1.59. The average Bonchev–Trinajstić information content (AvgIpc) is 2.30. The Morgan fingerprint density at radius 3 is 2.44 bits per heavy atom. The lowest BCUT2D eigenvalue weighted by molar-refractivity contribution is -0.132. The zero-order valence-electron chi connectivity index (χ0n) is 11.5. The van der Waals surface area contributed by atoms with Gasteiger partial charge in [0.25, 0.3) is 0 Å². The number of likely N-dealkylation sites (N-methyl/N-ethyl adjacent to an activating group) is 1. The molecule has 0 saturated heterocycles. The quantitative estimate of drug-likeness (QED) is 0.834. The maximum atomic E-state index is 12.0. The molecular formula is C14H22N2O2. The molecule has 0 aliphatic heterocycles. The SMILES string of the molecule is CC(C)[C@H](NCc1ccccc1O)C(=O)N(C)C. The van der Waals surface area contributed by atoms with Crippen molar-refractivity contribution in [2.45, 2.75) is 26.4 Å². The summed E-state index contributed by atoms with van der Waals surface area (Å²) in [6, 6.07) is 6.91. The number of hydrogen-bond acceptors (Lipinski definition) is 3. The molecule has 2 N–H and O–H groups in total. The van der Waals surface area contributed by atoms with Crippen LogP contribution in [0.25, 0.3) is 0 Å². The minimum Gasteiger partial charge on any atom is -0.508 e. The lowest BCUT2D eigenvalue weighted by Crippen LogP contribution is -2.46. The van der Waals surface area contributed by atoms with Crippen molar-refractivity contribution < 1.29 is 9.90 Å². The predicted molar refractivity (Wildman–Crippen MR) is 72.3 cm³/mol. The molecule has 0 aliphatic carbocycles. The Kier molecular flexibility index (Phi) is 5.16. The fraction of sp³-hybridized carbons (Fsp3) is 0.500. The van der Waals surface area contributed by atoms with Crippen molar-refractivity contribution in [1.29, 1.82) is 0 Å². The topological polar surface area (TPSA) is 52.6 Å². The number of hydrogen-bond donors (Lipinski definition) is 2. The van der Waals surface area contributed by atoms with E-state index in [0.717, 1.165) is 5.56 Å². The van der Waals surface area contributed by atoms with E-state index in [1.165, 1.54) is 0 Å². The summed E-state index contributed by atoms with van der Waals surface area (Å²) >= 11 is 0. The first kappa shape index (κ1) is 14.5. The fourth-order valence-electron chi connectivity index (χ4n) is 1.77. The van der Waals surface area contributed by atoms with Gasteiger partial charge in [-0.15, -0.1) is 0 Å². The van der Waals surface area contributed by atoms with Crippen LogP contribution in [-0.4, -0.2) is 36.1 Å². The second kappa shape index (κ2) is 6.40. The minimum absolute atomic E-state index is 0.0559. The molecule has 0 bridgehead atoms. The van der Waals surface area contributed by atoms with Gasteiger partial charge in [0, 0.05) is 26.2 Å². The third-order valence-corrected chi connectivity index (χ3v) is 2.88. The summed E-state index contributed by atoms with van der Waals surface area (Å²) in [6.07, 6.45) is 0. The number of aromatic hydroxyl groups is 1. The fourth-order valence-corrected chi connectivity index (χ4v) is 1.77. The Balaban J connectivity index is 2.69. The highest BCUT2D eigenvalue weighted by Crippen LogP contribution is 2.16. The van der Waals surface area contributed by atoms with Crippen LogP contribution in [-0.2, 0) is 11.3 Å². The van der Waals surface area contributed by atoms with E-state index in [1.54, 1.807) is 31.1 Å². The monoisotopic (exact) mass is 250 g/mol. The molecule has 18 heavy (non-hydrogen) atoms. The van der Waals surface area contributed by atoms with Gasteiger partial charge in [0.2, 0.25) is 5.91 Å². The molecule has 100 valence electrons. The van der Waals surface area contributed by atoms with Gasteiger partial charge in [0.15, 0.2) is 0 Å². The van der Waals surface area contributed by atoms with Crippen molar-refractivity contribution in [2.24, 2.45) is 5.92 Å². The van der Waals surface area contributed by atoms with Crippen LogP contribution in [0.2, 0.25) is 0 Å². The largest absolute Gasteiger partial charge is 0.508 e. The maximum absolute atomic E-state index is 12.0. The highest BCUT2D eigenvalue weighted by Gasteiger charge is 2.23. The van der Waals surface area contributed by atoms with Crippen molar-refractivity contribution in [3.8, 4) is 5.75 Å². The number of benzene rings is 1. The number of rotatable bonds is 5. The maximum Gasteiger partial charge on any atom is 0.239 e. The summed E-state index contributed by atoms with van der Waals surface area (Å²) in [5.41, 5.74) is 0.801. The van der Waals surface area contributed by atoms with Crippen molar-refractivity contribution in [2.75, 3.05) is 14.1 Å². The summed E-state index contributed by atoms with van der Waals surface area (Å²) in [5, 5.41) is 12.9. The third kappa shape index (κ3) is 3.74.